The van der Waals surface area contributed by atoms with E-state index >= 15 is 0 Å². The van der Waals surface area contributed by atoms with Crippen molar-refractivity contribution in [2.45, 2.75) is 25.3 Å². The van der Waals surface area contributed by atoms with Crippen molar-refractivity contribution in [1.29, 1.82) is 0 Å². The molecule has 1 amide bonds. The Morgan fingerprint density at radius 1 is 1.43 bits per heavy atom. The van der Waals surface area contributed by atoms with Crippen LogP contribution in [0.2, 0.25) is 0 Å². The lowest BCUT2D eigenvalue weighted by Gasteiger charge is -2.23. The predicted octanol–water partition coefficient (Wildman–Crippen LogP) is 1.47. The van der Waals surface area contributed by atoms with Crippen LogP contribution in [0, 0.1) is 17.7 Å². The highest BCUT2D eigenvalue weighted by Crippen LogP contribution is 2.12. The maximum Gasteiger partial charge on any atom is 0.254 e. The molecule has 0 aliphatic carbocycles. The number of aliphatic hydroxyl groups is 1. The maximum absolute atomic E-state index is 13.8. The van der Waals surface area contributed by atoms with Gasteiger partial charge < -0.3 is 15.2 Å². The summed E-state index contributed by atoms with van der Waals surface area (Å²) >= 11 is 0. The number of nitrogens with one attached hydrogen (secondary N) is 1. The van der Waals surface area contributed by atoms with Crippen molar-refractivity contribution in [2.75, 3.05) is 19.8 Å². The number of ether oxygens (including phenoxy) is 1. The molecule has 0 aromatic heterocycles. The normalized spacial score (nSPS) is 15.1. The second-order valence-electron chi connectivity index (χ2n) is 4.83. The first-order valence-electron chi connectivity index (χ1n) is 6.98. The molecule has 0 atom stereocenters. The topological polar surface area (TPSA) is 58.6 Å². The van der Waals surface area contributed by atoms with Crippen LogP contribution < -0.4 is 5.32 Å². The monoisotopic (exact) mass is 291 g/mol. The van der Waals surface area contributed by atoms with Crippen LogP contribution in [-0.4, -0.2) is 36.9 Å². The van der Waals surface area contributed by atoms with Gasteiger partial charge >= 0.3 is 0 Å². The largest absolute Gasteiger partial charge is 0.395 e. The van der Waals surface area contributed by atoms with Crippen LogP contribution in [0.1, 0.15) is 35.2 Å². The molecule has 0 radical (unpaired) electrons. The highest BCUT2D eigenvalue weighted by Gasteiger charge is 2.19. The summed E-state index contributed by atoms with van der Waals surface area (Å²) in [6.07, 6.45) is 1.83. The first-order chi connectivity index (χ1) is 10.2. The Morgan fingerprint density at radius 2 is 2.19 bits per heavy atom. The third-order valence-electron chi connectivity index (χ3n) is 3.24. The Hall–Kier alpha value is -1.90. The molecule has 112 valence electrons. The van der Waals surface area contributed by atoms with Crippen LogP contribution in [-0.2, 0) is 4.74 Å². The van der Waals surface area contributed by atoms with Gasteiger partial charge in [0.2, 0.25) is 0 Å². The van der Waals surface area contributed by atoms with Crippen molar-refractivity contribution < 1.29 is 19.0 Å². The van der Waals surface area contributed by atoms with Crippen molar-refractivity contribution in [3.8, 4) is 11.8 Å². The van der Waals surface area contributed by atoms with Gasteiger partial charge in [0.25, 0.3) is 5.91 Å². The zero-order chi connectivity index (χ0) is 15.1. The van der Waals surface area contributed by atoms with Crippen LogP contribution in [0.3, 0.4) is 0 Å². The molecular formula is C16H18FNO3. The smallest absolute Gasteiger partial charge is 0.254 e. The third kappa shape index (κ3) is 4.55. The van der Waals surface area contributed by atoms with Crippen molar-refractivity contribution in [3.05, 3.63) is 35.1 Å². The van der Waals surface area contributed by atoms with E-state index in [1.54, 1.807) is 0 Å². The van der Waals surface area contributed by atoms with Gasteiger partial charge in [0.15, 0.2) is 0 Å². The fraction of sp³-hybridized carbons (Fsp3) is 0.438. The number of benzene rings is 1. The van der Waals surface area contributed by atoms with Gasteiger partial charge in [-0.25, -0.2) is 4.39 Å². The van der Waals surface area contributed by atoms with E-state index in [4.69, 9.17) is 9.84 Å². The Bertz CT molecular complexity index is 556. The predicted molar refractivity (Wildman–Crippen MR) is 76.3 cm³/mol. The summed E-state index contributed by atoms with van der Waals surface area (Å²) in [5, 5.41) is 11.5. The lowest BCUT2D eigenvalue weighted by atomic mass is 10.1. The van der Waals surface area contributed by atoms with E-state index in [0.29, 0.717) is 25.2 Å². The zero-order valence-electron chi connectivity index (χ0n) is 11.7. The van der Waals surface area contributed by atoms with Gasteiger partial charge in [-0.1, -0.05) is 11.8 Å². The molecule has 1 aliphatic heterocycles. The minimum absolute atomic E-state index is 0.00251. The van der Waals surface area contributed by atoms with Crippen LogP contribution in [0.5, 0.6) is 0 Å². The number of aliphatic hydroxyl groups excluding tert-OH is 1. The van der Waals surface area contributed by atoms with Gasteiger partial charge in [0, 0.05) is 31.2 Å². The van der Waals surface area contributed by atoms with Gasteiger partial charge in [-0.2, -0.15) is 0 Å². The molecular weight excluding hydrogens is 273 g/mol. The van der Waals surface area contributed by atoms with E-state index in [1.807, 2.05) is 0 Å². The molecule has 0 saturated carbocycles. The van der Waals surface area contributed by atoms with Gasteiger partial charge in [0.05, 0.1) is 12.2 Å². The highest BCUT2D eigenvalue weighted by atomic mass is 19.1. The number of rotatable bonds is 3. The van der Waals surface area contributed by atoms with Crippen LogP contribution in [0.4, 0.5) is 4.39 Å². The molecule has 1 fully saturated rings. The molecule has 0 bridgehead atoms. The lowest BCUT2D eigenvalue weighted by Crippen LogP contribution is -2.39. The van der Waals surface area contributed by atoms with E-state index in [2.05, 4.69) is 17.2 Å². The van der Waals surface area contributed by atoms with Crippen LogP contribution in [0.15, 0.2) is 18.2 Å². The van der Waals surface area contributed by atoms with Gasteiger partial charge in [-0.3, -0.25) is 4.79 Å². The van der Waals surface area contributed by atoms with Crippen LogP contribution >= 0.6 is 0 Å². The molecule has 5 heteroatoms. The van der Waals surface area contributed by atoms with Crippen molar-refractivity contribution in [3.63, 3.8) is 0 Å². The molecule has 1 saturated heterocycles. The molecule has 1 heterocycles. The number of carbonyl (C=O) groups is 1. The Balaban J connectivity index is 2.08. The van der Waals surface area contributed by atoms with Crippen molar-refractivity contribution >= 4 is 5.91 Å². The van der Waals surface area contributed by atoms with Crippen molar-refractivity contribution in [2.24, 2.45) is 0 Å². The van der Waals surface area contributed by atoms with Gasteiger partial charge in [-0.05, 0) is 31.0 Å². The lowest BCUT2D eigenvalue weighted by molar-refractivity contribution is 0.0694. The zero-order valence-corrected chi connectivity index (χ0v) is 11.7. The number of hydrogen-bond acceptors (Lipinski definition) is 3. The standard InChI is InChI=1S/C16H18FNO3/c17-15-5-4-12(3-1-2-8-19)11-14(15)16(20)18-13-6-9-21-10-7-13/h4-5,11,13,19H,2,6-10H2,(H,18,20). The van der Waals surface area contributed by atoms with E-state index < -0.39 is 11.7 Å². The van der Waals surface area contributed by atoms with E-state index in [0.717, 1.165) is 12.8 Å². The van der Waals surface area contributed by atoms with E-state index in [1.165, 1.54) is 18.2 Å². The molecule has 4 nitrogen and oxygen atoms in total. The average molecular weight is 291 g/mol. The summed E-state index contributed by atoms with van der Waals surface area (Å²) in [7, 11) is 0. The quantitative estimate of drug-likeness (QED) is 0.829. The summed E-state index contributed by atoms with van der Waals surface area (Å²) in [5.74, 6) is 4.55. The molecule has 0 unspecified atom stereocenters. The Morgan fingerprint density at radius 3 is 2.90 bits per heavy atom. The minimum Gasteiger partial charge on any atom is -0.395 e. The van der Waals surface area contributed by atoms with Gasteiger partial charge in [0.1, 0.15) is 5.82 Å². The molecule has 1 aromatic rings. The third-order valence-corrected chi connectivity index (χ3v) is 3.24. The number of amides is 1. The highest BCUT2D eigenvalue weighted by molar-refractivity contribution is 5.95. The van der Waals surface area contributed by atoms with Crippen molar-refractivity contribution in [1.82, 2.24) is 5.32 Å². The molecule has 21 heavy (non-hydrogen) atoms. The first-order valence-corrected chi connectivity index (χ1v) is 6.98. The number of hydrogen-bond donors (Lipinski definition) is 2. The first kappa shape index (κ1) is 15.5. The maximum atomic E-state index is 13.8. The summed E-state index contributed by atoms with van der Waals surface area (Å²) in [4.78, 5) is 12.1. The van der Waals surface area contributed by atoms with E-state index in [-0.39, 0.29) is 18.2 Å². The SMILES string of the molecule is O=C(NC1CCOCC1)c1cc(C#CCCO)ccc1F. The minimum atomic E-state index is -0.563. The van der Waals surface area contributed by atoms with Gasteiger partial charge in [-0.15, -0.1) is 0 Å². The number of carbonyl (C=O) groups excluding carboxylic acids is 1. The average Bonchev–Trinajstić information content (AvgIpc) is 2.50. The Labute approximate surface area is 123 Å². The van der Waals surface area contributed by atoms with E-state index in [9.17, 15) is 9.18 Å². The Kier molecular flexibility index (Phi) is 5.73. The van der Waals surface area contributed by atoms with Crippen LogP contribution in [0.25, 0.3) is 0 Å². The molecule has 1 aliphatic rings. The number of halogens is 1. The molecule has 2 N–H and O–H groups in total. The summed E-state index contributed by atoms with van der Waals surface area (Å²) in [6, 6.07) is 4.22. The molecule has 0 spiro atoms. The summed E-state index contributed by atoms with van der Waals surface area (Å²) in [5.41, 5.74) is 0.555. The second-order valence-corrected chi connectivity index (χ2v) is 4.83. The fourth-order valence-electron chi connectivity index (χ4n) is 2.10. The fourth-order valence-corrected chi connectivity index (χ4v) is 2.10. The summed E-state index contributed by atoms with van der Waals surface area (Å²) < 4.78 is 19.0. The molecule has 1 aromatic carbocycles. The molecule has 2 rings (SSSR count). The summed E-state index contributed by atoms with van der Waals surface area (Å²) in [6.45, 7) is 1.20. The second kappa shape index (κ2) is 7.77.